The Kier molecular flexibility index (Phi) is 7.56. The van der Waals surface area contributed by atoms with Crippen LogP contribution in [-0.4, -0.2) is 62.4 Å². The van der Waals surface area contributed by atoms with Crippen molar-refractivity contribution < 1.29 is 14.3 Å². The quantitative estimate of drug-likeness (QED) is 0.403. The van der Waals surface area contributed by atoms with E-state index in [0.29, 0.717) is 22.9 Å². The number of ether oxygens (including phenoxy) is 2. The number of hydrogen-bond acceptors (Lipinski definition) is 8. The van der Waals surface area contributed by atoms with E-state index in [4.69, 9.17) is 25.2 Å². The number of aromatic nitrogens is 2. The van der Waals surface area contributed by atoms with Crippen molar-refractivity contribution in [1.29, 1.82) is 0 Å². The fraction of sp³-hybridized carbons (Fsp3) is 0.483. The number of amides is 1. The largest absolute Gasteiger partial charge is 0.496 e. The standard InChI is InChI=1S/C29H38N6O3/c1-35(2)27-21-7-5-6-8-24(21)33-29(34-27)32-18-11-9-17(10-12-18)31-28(36)23-16-25(38-4)22-15-19(37-3)13-14-20(22)26(23)30/h5-8,16-19H,9-15,30H2,1-4H3,(H,31,36)(H,32,33,34). The van der Waals surface area contributed by atoms with Crippen molar-refractivity contribution >= 4 is 34.3 Å². The van der Waals surface area contributed by atoms with Crippen LogP contribution in [0, 0.1) is 0 Å². The van der Waals surface area contributed by atoms with Gasteiger partial charge in [-0.05, 0) is 62.3 Å². The Balaban J connectivity index is 1.23. The van der Waals surface area contributed by atoms with Crippen molar-refractivity contribution in [1.82, 2.24) is 15.3 Å². The minimum Gasteiger partial charge on any atom is -0.496 e. The van der Waals surface area contributed by atoms with E-state index in [0.717, 1.165) is 72.8 Å². The lowest BCUT2D eigenvalue weighted by Crippen LogP contribution is -2.40. The van der Waals surface area contributed by atoms with Crippen LogP contribution < -0.4 is 26.0 Å². The van der Waals surface area contributed by atoms with Gasteiger partial charge in [-0.1, -0.05) is 12.1 Å². The van der Waals surface area contributed by atoms with Gasteiger partial charge >= 0.3 is 0 Å². The molecule has 1 saturated carbocycles. The molecule has 9 nitrogen and oxygen atoms in total. The second-order valence-corrected chi connectivity index (χ2v) is 10.5. The predicted molar refractivity (Wildman–Crippen MR) is 151 cm³/mol. The van der Waals surface area contributed by atoms with Crippen LogP contribution in [0.25, 0.3) is 10.9 Å². The number of nitrogens with zero attached hydrogens (tertiary/aromatic N) is 3. The molecule has 202 valence electrons. The first-order valence-electron chi connectivity index (χ1n) is 13.4. The molecule has 1 amide bonds. The summed E-state index contributed by atoms with van der Waals surface area (Å²) in [6.07, 6.45) is 6.13. The van der Waals surface area contributed by atoms with Gasteiger partial charge in [0.15, 0.2) is 0 Å². The van der Waals surface area contributed by atoms with E-state index < -0.39 is 0 Å². The summed E-state index contributed by atoms with van der Waals surface area (Å²) >= 11 is 0. The van der Waals surface area contributed by atoms with Crippen molar-refractivity contribution in [3.05, 3.63) is 47.0 Å². The average molecular weight is 519 g/mol. The molecule has 2 aliphatic carbocycles. The molecule has 0 spiro atoms. The van der Waals surface area contributed by atoms with Gasteiger partial charge in [-0.25, -0.2) is 4.98 Å². The van der Waals surface area contributed by atoms with Crippen LogP contribution in [-0.2, 0) is 17.6 Å². The molecule has 0 saturated heterocycles. The van der Waals surface area contributed by atoms with Gasteiger partial charge in [-0.3, -0.25) is 4.79 Å². The number of rotatable bonds is 7. The Hall–Kier alpha value is -3.59. The van der Waals surface area contributed by atoms with E-state index in [-0.39, 0.29) is 24.1 Å². The SMILES string of the molecule is COc1cc(C(=O)NC2CCC(Nc3nc(N(C)C)c4ccccc4n3)CC2)c(N)c2c1CC(OC)CC2. The van der Waals surface area contributed by atoms with Crippen LogP contribution in [0.1, 0.15) is 53.6 Å². The van der Waals surface area contributed by atoms with E-state index in [2.05, 4.69) is 10.6 Å². The molecule has 0 radical (unpaired) electrons. The van der Waals surface area contributed by atoms with Crippen molar-refractivity contribution in [2.45, 2.75) is 63.1 Å². The number of methoxy groups -OCH3 is 2. The number of fused-ring (bicyclic) bond motifs is 2. The molecule has 2 aromatic carbocycles. The van der Waals surface area contributed by atoms with Crippen LogP contribution in [0.2, 0.25) is 0 Å². The van der Waals surface area contributed by atoms with Gasteiger partial charge in [0, 0.05) is 56.3 Å². The number of anilines is 3. The number of nitrogen functional groups attached to an aromatic ring is 1. The Bertz CT molecular complexity index is 1320. The maximum atomic E-state index is 13.3. The third-order valence-electron chi connectivity index (χ3n) is 7.90. The highest BCUT2D eigenvalue weighted by molar-refractivity contribution is 6.01. The van der Waals surface area contributed by atoms with Crippen LogP contribution in [0.15, 0.2) is 30.3 Å². The number of nitrogens with two attached hydrogens (primary N) is 1. The van der Waals surface area contributed by atoms with E-state index in [9.17, 15) is 4.79 Å². The van der Waals surface area contributed by atoms with Crippen molar-refractivity contribution in [3.63, 3.8) is 0 Å². The monoisotopic (exact) mass is 518 g/mol. The molecule has 1 fully saturated rings. The second-order valence-electron chi connectivity index (χ2n) is 10.5. The minimum absolute atomic E-state index is 0.0923. The summed E-state index contributed by atoms with van der Waals surface area (Å²) in [5, 5.41) is 7.79. The van der Waals surface area contributed by atoms with E-state index in [1.54, 1.807) is 20.3 Å². The zero-order chi connectivity index (χ0) is 26.8. The summed E-state index contributed by atoms with van der Waals surface area (Å²) in [7, 11) is 7.35. The average Bonchev–Trinajstić information content (AvgIpc) is 2.93. The molecule has 9 heteroatoms. The lowest BCUT2D eigenvalue weighted by molar-refractivity contribution is 0.0902. The van der Waals surface area contributed by atoms with E-state index in [1.165, 1.54) is 0 Å². The lowest BCUT2D eigenvalue weighted by atomic mass is 9.85. The molecular formula is C29H38N6O3. The summed E-state index contributed by atoms with van der Waals surface area (Å²) in [5.41, 5.74) is 10.6. The number of para-hydroxylation sites is 1. The summed E-state index contributed by atoms with van der Waals surface area (Å²) in [6.45, 7) is 0. The molecule has 0 bridgehead atoms. The summed E-state index contributed by atoms with van der Waals surface area (Å²) in [6, 6.07) is 10.2. The fourth-order valence-electron chi connectivity index (χ4n) is 5.78. The molecule has 1 aromatic heterocycles. The number of carbonyl (C=O) groups is 1. The van der Waals surface area contributed by atoms with Gasteiger partial charge in [0.05, 0.1) is 24.3 Å². The highest BCUT2D eigenvalue weighted by Crippen LogP contribution is 2.37. The third kappa shape index (κ3) is 5.20. The molecule has 5 rings (SSSR count). The van der Waals surface area contributed by atoms with Crippen LogP contribution in [0.3, 0.4) is 0 Å². The number of benzene rings is 2. The maximum absolute atomic E-state index is 13.3. The smallest absolute Gasteiger partial charge is 0.253 e. The van der Waals surface area contributed by atoms with Gasteiger partial charge in [0.1, 0.15) is 11.6 Å². The fourth-order valence-corrected chi connectivity index (χ4v) is 5.78. The molecule has 38 heavy (non-hydrogen) atoms. The topological polar surface area (TPSA) is 115 Å². The highest BCUT2D eigenvalue weighted by Gasteiger charge is 2.29. The van der Waals surface area contributed by atoms with E-state index in [1.807, 2.05) is 43.3 Å². The van der Waals surface area contributed by atoms with Gasteiger partial charge in [-0.2, -0.15) is 4.98 Å². The zero-order valence-corrected chi connectivity index (χ0v) is 22.7. The highest BCUT2D eigenvalue weighted by atomic mass is 16.5. The van der Waals surface area contributed by atoms with Gasteiger partial charge in [0.2, 0.25) is 5.95 Å². The molecule has 0 aliphatic heterocycles. The molecule has 1 atom stereocenters. The second kappa shape index (κ2) is 11.0. The number of nitrogens with one attached hydrogen (secondary N) is 2. The summed E-state index contributed by atoms with van der Waals surface area (Å²) < 4.78 is 11.2. The van der Waals surface area contributed by atoms with Crippen LogP contribution in [0.5, 0.6) is 5.75 Å². The Morgan fingerprint density at radius 3 is 2.47 bits per heavy atom. The number of hydrogen-bond donors (Lipinski definition) is 3. The molecule has 4 N–H and O–H groups in total. The molecule has 2 aliphatic rings. The summed E-state index contributed by atoms with van der Waals surface area (Å²) in [5.74, 6) is 2.11. The van der Waals surface area contributed by atoms with Gasteiger partial charge in [-0.15, -0.1) is 0 Å². The minimum atomic E-state index is -0.137. The Labute approximate surface area is 224 Å². The lowest BCUT2D eigenvalue weighted by Gasteiger charge is -2.31. The number of carbonyl (C=O) groups excluding carboxylic acids is 1. The van der Waals surface area contributed by atoms with Gasteiger partial charge in [0.25, 0.3) is 5.91 Å². The molecule has 1 unspecified atom stereocenters. The first-order valence-corrected chi connectivity index (χ1v) is 13.4. The first-order chi connectivity index (χ1) is 18.4. The summed E-state index contributed by atoms with van der Waals surface area (Å²) in [4.78, 5) is 24.8. The van der Waals surface area contributed by atoms with Crippen molar-refractivity contribution in [2.75, 3.05) is 44.3 Å². The maximum Gasteiger partial charge on any atom is 0.253 e. The van der Waals surface area contributed by atoms with Crippen LogP contribution >= 0.6 is 0 Å². The van der Waals surface area contributed by atoms with E-state index >= 15 is 0 Å². The Morgan fingerprint density at radius 1 is 1.03 bits per heavy atom. The molecule has 3 aromatic rings. The zero-order valence-electron chi connectivity index (χ0n) is 22.7. The normalized spacial score (nSPS) is 21.0. The third-order valence-corrected chi connectivity index (χ3v) is 7.90. The molecule has 1 heterocycles. The van der Waals surface area contributed by atoms with Crippen molar-refractivity contribution in [3.8, 4) is 5.75 Å². The Morgan fingerprint density at radius 2 is 1.76 bits per heavy atom. The predicted octanol–water partition coefficient (Wildman–Crippen LogP) is 3.94. The van der Waals surface area contributed by atoms with Crippen molar-refractivity contribution in [2.24, 2.45) is 0 Å². The first kappa shape index (κ1) is 26.0. The van der Waals surface area contributed by atoms with Crippen LogP contribution in [0.4, 0.5) is 17.5 Å². The molecular weight excluding hydrogens is 480 g/mol. The van der Waals surface area contributed by atoms with Gasteiger partial charge < -0.3 is 30.7 Å².